The molecule has 0 aliphatic heterocycles. The van der Waals surface area contributed by atoms with Crippen molar-refractivity contribution in [1.82, 2.24) is 0 Å². The van der Waals surface area contributed by atoms with E-state index >= 15 is 0 Å². The Kier molecular flexibility index (Phi) is 10.2. The quantitative estimate of drug-likeness (QED) is 0.474. The van der Waals surface area contributed by atoms with Gasteiger partial charge >= 0.3 is 5.97 Å². The number of methoxy groups -OCH3 is 1. The summed E-state index contributed by atoms with van der Waals surface area (Å²) in [7, 11) is 1.41. The van der Waals surface area contributed by atoms with Gasteiger partial charge in [0.25, 0.3) is 0 Å². The molecule has 2 atom stereocenters. The van der Waals surface area contributed by atoms with Gasteiger partial charge in [0.1, 0.15) is 0 Å². The molecule has 0 fully saturated rings. The number of ether oxygens (including phenoxy) is 1. The molecule has 0 aliphatic rings. The van der Waals surface area contributed by atoms with Gasteiger partial charge in [-0.15, -0.1) is 0 Å². The topological polar surface area (TPSA) is 46.5 Å². The van der Waals surface area contributed by atoms with Crippen molar-refractivity contribution >= 4 is 5.97 Å². The molecule has 0 amide bonds. The van der Waals surface area contributed by atoms with Gasteiger partial charge in [0.15, 0.2) is 0 Å². The van der Waals surface area contributed by atoms with Crippen LogP contribution >= 0.6 is 0 Å². The van der Waals surface area contributed by atoms with E-state index < -0.39 is 0 Å². The van der Waals surface area contributed by atoms with Crippen molar-refractivity contribution in [3.63, 3.8) is 0 Å². The lowest BCUT2D eigenvalue weighted by Gasteiger charge is -2.13. The summed E-state index contributed by atoms with van der Waals surface area (Å²) in [5, 5.41) is 9.76. The fourth-order valence-electron chi connectivity index (χ4n) is 1.89. The number of esters is 1. The maximum absolute atomic E-state index is 11.2. The van der Waals surface area contributed by atoms with E-state index in [4.69, 9.17) is 0 Å². The van der Waals surface area contributed by atoms with Crippen molar-refractivity contribution in [2.45, 2.75) is 71.3 Å². The molecular weight excluding hydrogens is 216 g/mol. The highest BCUT2D eigenvalue weighted by atomic mass is 16.5. The van der Waals surface area contributed by atoms with Gasteiger partial charge in [-0.2, -0.15) is 0 Å². The van der Waals surface area contributed by atoms with Crippen LogP contribution in [0.15, 0.2) is 0 Å². The number of hydrogen-bond donors (Lipinski definition) is 1. The average Bonchev–Trinajstić information content (AvgIpc) is 2.34. The van der Waals surface area contributed by atoms with Crippen LogP contribution in [-0.4, -0.2) is 24.3 Å². The van der Waals surface area contributed by atoms with Crippen LogP contribution in [0.2, 0.25) is 0 Å². The molecule has 0 rings (SSSR count). The van der Waals surface area contributed by atoms with Gasteiger partial charge in [-0.05, 0) is 19.3 Å². The van der Waals surface area contributed by atoms with Gasteiger partial charge in [-0.25, -0.2) is 0 Å². The highest BCUT2D eigenvalue weighted by molar-refractivity contribution is 5.71. The monoisotopic (exact) mass is 244 g/mol. The van der Waals surface area contributed by atoms with Crippen LogP contribution in [0.3, 0.4) is 0 Å². The van der Waals surface area contributed by atoms with Crippen molar-refractivity contribution in [3.8, 4) is 0 Å². The average molecular weight is 244 g/mol. The fraction of sp³-hybridized carbons (Fsp3) is 0.929. The second-order valence-corrected chi connectivity index (χ2v) is 4.86. The largest absolute Gasteiger partial charge is 0.469 e. The lowest BCUT2D eigenvalue weighted by molar-refractivity contribution is -0.145. The van der Waals surface area contributed by atoms with Crippen LogP contribution < -0.4 is 0 Å². The van der Waals surface area contributed by atoms with Crippen molar-refractivity contribution in [2.24, 2.45) is 5.92 Å². The molecule has 0 saturated carbocycles. The Bertz CT molecular complexity index is 192. The van der Waals surface area contributed by atoms with Gasteiger partial charge in [-0.1, -0.05) is 46.0 Å². The minimum atomic E-state index is -0.260. The molecule has 3 nitrogen and oxygen atoms in total. The standard InChI is InChI=1S/C14H28O3/c1-4-5-6-7-8-9-13(15)11-10-12(2)14(16)17-3/h12-13,15H,4-11H2,1-3H3/t12-,13+/m1/s1. The van der Waals surface area contributed by atoms with E-state index in [0.717, 1.165) is 12.8 Å². The maximum atomic E-state index is 11.2. The Balaban J connectivity index is 3.45. The summed E-state index contributed by atoms with van der Waals surface area (Å²) < 4.78 is 4.65. The van der Waals surface area contributed by atoms with E-state index in [1.54, 1.807) is 0 Å². The molecule has 0 aliphatic carbocycles. The maximum Gasteiger partial charge on any atom is 0.308 e. The zero-order valence-electron chi connectivity index (χ0n) is 11.6. The summed E-state index contributed by atoms with van der Waals surface area (Å²) in [6, 6.07) is 0. The van der Waals surface area contributed by atoms with Gasteiger partial charge in [0.2, 0.25) is 0 Å². The van der Waals surface area contributed by atoms with Crippen LogP contribution in [0.25, 0.3) is 0 Å². The minimum absolute atomic E-state index is 0.102. The first-order chi connectivity index (χ1) is 8.11. The number of carbonyl (C=O) groups excluding carboxylic acids is 1. The van der Waals surface area contributed by atoms with E-state index in [2.05, 4.69) is 11.7 Å². The second-order valence-electron chi connectivity index (χ2n) is 4.86. The molecule has 0 saturated heterocycles. The van der Waals surface area contributed by atoms with Crippen LogP contribution in [0, 0.1) is 5.92 Å². The molecule has 0 aromatic rings. The van der Waals surface area contributed by atoms with Crippen molar-refractivity contribution in [2.75, 3.05) is 7.11 Å². The SMILES string of the molecule is CCCCCCC[C@H](O)CC[C@@H](C)C(=O)OC. The third-order valence-electron chi connectivity index (χ3n) is 3.18. The number of aliphatic hydroxyl groups is 1. The Morgan fingerprint density at radius 3 is 2.35 bits per heavy atom. The molecule has 0 bridgehead atoms. The summed E-state index contributed by atoms with van der Waals surface area (Å²) in [5.41, 5.74) is 0. The predicted molar refractivity (Wildman–Crippen MR) is 69.8 cm³/mol. The first-order valence-corrected chi connectivity index (χ1v) is 6.87. The summed E-state index contributed by atoms with van der Waals surface area (Å²) >= 11 is 0. The molecule has 0 spiro atoms. The smallest absolute Gasteiger partial charge is 0.308 e. The molecule has 0 unspecified atom stereocenters. The highest BCUT2D eigenvalue weighted by Gasteiger charge is 2.14. The lowest BCUT2D eigenvalue weighted by atomic mass is 9.99. The predicted octanol–water partition coefficient (Wildman–Crippen LogP) is 3.30. The van der Waals surface area contributed by atoms with Crippen molar-refractivity contribution < 1.29 is 14.6 Å². The lowest BCUT2D eigenvalue weighted by Crippen LogP contribution is -2.16. The first kappa shape index (κ1) is 16.4. The Morgan fingerprint density at radius 2 is 1.76 bits per heavy atom. The Labute approximate surface area is 106 Å². The van der Waals surface area contributed by atoms with Crippen LogP contribution in [0.5, 0.6) is 0 Å². The van der Waals surface area contributed by atoms with Crippen molar-refractivity contribution in [3.05, 3.63) is 0 Å². The van der Waals surface area contributed by atoms with Crippen LogP contribution in [-0.2, 0) is 9.53 Å². The molecule has 0 aromatic carbocycles. The van der Waals surface area contributed by atoms with E-state index in [-0.39, 0.29) is 18.0 Å². The third kappa shape index (κ3) is 9.16. The normalized spacial score (nSPS) is 14.4. The molecule has 0 heterocycles. The van der Waals surface area contributed by atoms with E-state index in [1.165, 1.54) is 32.8 Å². The molecule has 1 N–H and O–H groups in total. The number of unbranched alkanes of at least 4 members (excludes halogenated alkanes) is 4. The molecule has 17 heavy (non-hydrogen) atoms. The summed E-state index contributed by atoms with van der Waals surface area (Å²) in [4.78, 5) is 11.2. The fourth-order valence-corrected chi connectivity index (χ4v) is 1.89. The summed E-state index contributed by atoms with van der Waals surface area (Å²) in [5.74, 6) is -0.283. The van der Waals surface area contributed by atoms with Crippen LogP contribution in [0.4, 0.5) is 0 Å². The number of carbonyl (C=O) groups is 1. The third-order valence-corrected chi connectivity index (χ3v) is 3.18. The van der Waals surface area contributed by atoms with Crippen molar-refractivity contribution in [1.29, 1.82) is 0 Å². The molecule has 102 valence electrons. The van der Waals surface area contributed by atoms with E-state index in [0.29, 0.717) is 12.8 Å². The summed E-state index contributed by atoms with van der Waals surface area (Å²) in [6.07, 6.45) is 8.11. The molecule has 0 radical (unpaired) electrons. The van der Waals surface area contributed by atoms with Gasteiger partial charge in [0, 0.05) is 0 Å². The molecule has 3 heteroatoms. The highest BCUT2D eigenvalue weighted by Crippen LogP contribution is 2.14. The Hall–Kier alpha value is -0.570. The van der Waals surface area contributed by atoms with Crippen LogP contribution in [0.1, 0.15) is 65.2 Å². The Morgan fingerprint density at radius 1 is 1.12 bits per heavy atom. The number of aliphatic hydroxyl groups excluding tert-OH is 1. The number of rotatable bonds is 10. The van der Waals surface area contributed by atoms with Gasteiger partial charge < -0.3 is 9.84 Å². The van der Waals surface area contributed by atoms with Gasteiger partial charge in [0.05, 0.1) is 19.1 Å². The van der Waals surface area contributed by atoms with Gasteiger partial charge in [-0.3, -0.25) is 4.79 Å². The minimum Gasteiger partial charge on any atom is -0.469 e. The van der Waals surface area contributed by atoms with E-state index in [9.17, 15) is 9.90 Å². The molecule has 0 aromatic heterocycles. The van der Waals surface area contributed by atoms with E-state index in [1.807, 2.05) is 6.92 Å². The number of hydrogen-bond acceptors (Lipinski definition) is 3. The first-order valence-electron chi connectivity index (χ1n) is 6.87. The zero-order chi connectivity index (χ0) is 13.1. The second kappa shape index (κ2) is 10.6. The molecular formula is C14H28O3. The summed E-state index contributed by atoms with van der Waals surface area (Å²) in [6.45, 7) is 4.04. The zero-order valence-corrected chi connectivity index (χ0v) is 11.6.